The van der Waals surface area contributed by atoms with Gasteiger partial charge in [-0.2, -0.15) is 0 Å². The zero-order valence-electron chi connectivity index (χ0n) is 13.1. The summed E-state index contributed by atoms with van der Waals surface area (Å²) in [5.74, 6) is 0.205. The quantitative estimate of drug-likeness (QED) is 0.874. The molecule has 1 aliphatic heterocycles. The van der Waals surface area contributed by atoms with Gasteiger partial charge in [0.15, 0.2) is 5.76 Å². The number of furan rings is 1. The summed E-state index contributed by atoms with van der Waals surface area (Å²) in [6, 6.07) is 11.1. The number of nitrogens with zero attached hydrogens (tertiary/aromatic N) is 2. The number of piperazine rings is 1. The van der Waals surface area contributed by atoms with Gasteiger partial charge in [-0.25, -0.2) is 4.79 Å². The Morgan fingerprint density at radius 2 is 1.83 bits per heavy atom. The molecule has 1 aromatic heterocycles. The number of nitrogens with one attached hydrogen (secondary N) is 1. The Labute approximate surface area is 148 Å². The Balaban J connectivity index is 1.47. The van der Waals surface area contributed by atoms with Gasteiger partial charge in [-0.05, 0) is 29.8 Å². The van der Waals surface area contributed by atoms with Crippen molar-refractivity contribution in [1.29, 1.82) is 0 Å². The number of hydrogen-bond acceptors (Lipinski definition) is 3. The molecule has 1 N–H and O–H groups in total. The molecule has 24 heavy (non-hydrogen) atoms. The van der Waals surface area contributed by atoms with Crippen LogP contribution in [0.3, 0.4) is 0 Å². The fourth-order valence-electron chi connectivity index (χ4n) is 2.61. The third-order valence-corrected chi connectivity index (χ3v) is 4.41. The van der Waals surface area contributed by atoms with E-state index < -0.39 is 0 Å². The highest BCUT2D eigenvalue weighted by Gasteiger charge is 2.25. The number of urea groups is 1. The molecule has 1 fully saturated rings. The van der Waals surface area contributed by atoms with E-state index in [2.05, 4.69) is 21.2 Å². The van der Waals surface area contributed by atoms with Crippen molar-refractivity contribution in [3.8, 4) is 0 Å². The monoisotopic (exact) mass is 391 g/mol. The van der Waals surface area contributed by atoms with Gasteiger partial charge in [-0.3, -0.25) is 4.79 Å². The summed E-state index contributed by atoms with van der Waals surface area (Å²) >= 11 is 3.41. The molecule has 0 unspecified atom stereocenters. The van der Waals surface area contributed by atoms with Crippen molar-refractivity contribution in [2.75, 3.05) is 26.2 Å². The highest BCUT2D eigenvalue weighted by molar-refractivity contribution is 9.10. The van der Waals surface area contributed by atoms with Crippen LogP contribution in [0, 0.1) is 0 Å². The second-order valence-corrected chi connectivity index (χ2v) is 6.46. The normalized spacial score (nSPS) is 14.5. The molecule has 0 saturated carbocycles. The van der Waals surface area contributed by atoms with Crippen LogP contribution >= 0.6 is 15.9 Å². The van der Waals surface area contributed by atoms with Crippen LogP contribution in [0.1, 0.15) is 16.1 Å². The first-order valence-corrected chi connectivity index (χ1v) is 8.53. The predicted octanol–water partition coefficient (Wildman–Crippen LogP) is 2.71. The maximum atomic E-state index is 12.2. The van der Waals surface area contributed by atoms with E-state index in [4.69, 9.17) is 4.42 Å². The van der Waals surface area contributed by atoms with Gasteiger partial charge in [-0.1, -0.05) is 28.1 Å². The van der Waals surface area contributed by atoms with Gasteiger partial charge in [0, 0.05) is 37.2 Å². The van der Waals surface area contributed by atoms with Crippen LogP contribution in [-0.2, 0) is 6.54 Å². The Morgan fingerprint density at radius 1 is 1.08 bits per heavy atom. The van der Waals surface area contributed by atoms with Crippen LogP contribution in [0.15, 0.2) is 51.6 Å². The first kappa shape index (κ1) is 16.6. The summed E-state index contributed by atoms with van der Waals surface area (Å²) in [6.07, 6.45) is 1.48. The van der Waals surface area contributed by atoms with E-state index in [0.29, 0.717) is 38.5 Å². The molecule has 1 saturated heterocycles. The molecule has 0 spiro atoms. The molecular weight excluding hydrogens is 374 g/mol. The standard InChI is InChI=1S/C17H18BrN3O3/c18-14-4-1-3-13(11-14)12-19-17(23)21-8-6-20(7-9-21)16(22)15-5-2-10-24-15/h1-5,10-11H,6-9,12H2,(H,19,23). The van der Waals surface area contributed by atoms with E-state index in [1.807, 2.05) is 24.3 Å². The highest BCUT2D eigenvalue weighted by Crippen LogP contribution is 2.12. The largest absolute Gasteiger partial charge is 0.459 e. The zero-order valence-corrected chi connectivity index (χ0v) is 14.7. The molecule has 1 aliphatic rings. The molecule has 0 bridgehead atoms. The Hall–Kier alpha value is -2.28. The van der Waals surface area contributed by atoms with Gasteiger partial charge in [0.25, 0.3) is 5.91 Å². The molecule has 0 atom stereocenters. The number of hydrogen-bond donors (Lipinski definition) is 1. The molecule has 7 heteroatoms. The van der Waals surface area contributed by atoms with Crippen LogP contribution in [0.4, 0.5) is 4.79 Å². The molecule has 2 aromatic rings. The second kappa shape index (κ2) is 7.53. The molecule has 2 heterocycles. The lowest BCUT2D eigenvalue weighted by atomic mass is 10.2. The molecule has 3 amide bonds. The number of carbonyl (C=O) groups is 2. The summed E-state index contributed by atoms with van der Waals surface area (Å²) < 4.78 is 6.12. The number of carbonyl (C=O) groups excluding carboxylic acids is 2. The predicted molar refractivity (Wildman–Crippen MR) is 92.6 cm³/mol. The van der Waals surface area contributed by atoms with Crippen molar-refractivity contribution in [2.24, 2.45) is 0 Å². The fraction of sp³-hybridized carbons (Fsp3) is 0.294. The molecule has 126 valence electrons. The topological polar surface area (TPSA) is 65.8 Å². The third kappa shape index (κ3) is 3.97. The van der Waals surface area contributed by atoms with E-state index >= 15 is 0 Å². The van der Waals surface area contributed by atoms with Crippen molar-refractivity contribution in [2.45, 2.75) is 6.54 Å². The minimum atomic E-state index is -0.130. The van der Waals surface area contributed by atoms with E-state index in [-0.39, 0.29) is 11.9 Å². The van der Waals surface area contributed by atoms with E-state index in [1.165, 1.54) is 6.26 Å². The Bertz CT molecular complexity index is 710. The molecule has 1 aromatic carbocycles. The molecule has 0 radical (unpaired) electrons. The molecule has 6 nitrogen and oxygen atoms in total. The van der Waals surface area contributed by atoms with Crippen molar-refractivity contribution in [3.05, 3.63) is 58.5 Å². The van der Waals surface area contributed by atoms with Gasteiger partial charge in [0.05, 0.1) is 6.26 Å². The van der Waals surface area contributed by atoms with Gasteiger partial charge < -0.3 is 19.5 Å². The molecular formula is C17H18BrN3O3. The first-order valence-electron chi connectivity index (χ1n) is 7.73. The number of rotatable bonds is 3. The van der Waals surface area contributed by atoms with Gasteiger partial charge >= 0.3 is 6.03 Å². The molecule has 3 rings (SSSR count). The zero-order chi connectivity index (χ0) is 16.9. The lowest BCUT2D eigenvalue weighted by Gasteiger charge is -2.34. The fourth-order valence-corrected chi connectivity index (χ4v) is 3.05. The van der Waals surface area contributed by atoms with Gasteiger partial charge in [0.1, 0.15) is 0 Å². The second-order valence-electron chi connectivity index (χ2n) is 5.55. The lowest BCUT2D eigenvalue weighted by molar-refractivity contribution is 0.0634. The van der Waals surface area contributed by atoms with Crippen LogP contribution in [0.2, 0.25) is 0 Å². The third-order valence-electron chi connectivity index (χ3n) is 3.92. The van der Waals surface area contributed by atoms with E-state index in [9.17, 15) is 9.59 Å². The maximum absolute atomic E-state index is 12.2. The highest BCUT2D eigenvalue weighted by atomic mass is 79.9. The SMILES string of the molecule is O=C(NCc1cccc(Br)c1)N1CCN(C(=O)c2ccco2)CC1. The van der Waals surface area contributed by atoms with Crippen molar-refractivity contribution in [1.82, 2.24) is 15.1 Å². The van der Waals surface area contributed by atoms with Crippen molar-refractivity contribution < 1.29 is 14.0 Å². The van der Waals surface area contributed by atoms with Crippen LogP contribution in [-0.4, -0.2) is 47.9 Å². The van der Waals surface area contributed by atoms with Crippen molar-refractivity contribution in [3.63, 3.8) is 0 Å². The minimum Gasteiger partial charge on any atom is -0.459 e. The average molecular weight is 392 g/mol. The smallest absolute Gasteiger partial charge is 0.317 e. The molecule has 0 aliphatic carbocycles. The van der Waals surface area contributed by atoms with Crippen LogP contribution in [0.5, 0.6) is 0 Å². The Morgan fingerprint density at radius 3 is 2.50 bits per heavy atom. The van der Waals surface area contributed by atoms with E-state index in [1.54, 1.807) is 21.9 Å². The summed E-state index contributed by atoms with van der Waals surface area (Å²) in [4.78, 5) is 27.9. The average Bonchev–Trinajstić information content (AvgIpc) is 3.14. The van der Waals surface area contributed by atoms with Crippen LogP contribution in [0.25, 0.3) is 0 Å². The summed E-state index contributed by atoms with van der Waals surface area (Å²) in [5, 5.41) is 2.91. The Kier molecular flexibility index (Phi) is 5.20. The number of halogens is 1. The maximum Gasteiger partial charge on any atom is 0.317 e. The summed E-state index contributed by atoms with van der Waals surface area (Å²) in [5.41, 5.74) is 1.03. The number of benzene rings is 1. The summed E-state index contributed by atoms with van der Waals surface area (Å²) in [6.45, 7) is 2.50. The van der Waals surface area contributed by atoms with Gasteiger partial charge in [-0.15, -0.1) is 0 Å². The lowest BCUT2D eigenvalue weighted by Crippen LogP contribution is -2.53. The van der Waals surface area contributed by atoms with Crippen molar-refractivity contribution >= 4 is 27.9 Å². The van der Waals surface area contributed by atoms with E-state index in [0.717, 1.165) is 10.0 Å². The van der Waals surface area contributed by atoms with Gasteiger partial charge in [0.2, 0.25) is 0 Å². The summed E-state index contributed by atoms with van der Waals surface area (Å²) in [7, 11) is 0. The number of amides is 3. The minimum absolute atomic E-state index is 0.111. The first-order chi connectivity index (χ1) is 11.6. The van der Waals surface area contributed by atoms with Crippen LogP contribution < -0.4 is 5.32 Å².